The molecule has 0 fully saturated rings. The smallest absolute Gasteiger partial charge is 0.256 e. The van der Waals surface area contributed by atoms with Gasteiger partial charge in [0.15, 0.2) is 0 Å². The van der Waals surface area contributed by atoms with E-state index in [1.165, 1.54) is 10.9 Å². The third kappa shape index (κ3) is 3.03. The minimum absolute atomic E-state index is 0.125. The van der Waals surface area contributed by atoms with Crippen molar-refractivity contribution in [2.45, 2.75) is 26.5 Å². The van der Waals surface area contributed by atoms with Crippen LogP contribution in [0.2, 0.25) is 5.02 Å². The number of aromatic nitrogens is 2. The molecule has 5 heteroatoms. The average molecular weight is 279 g/mol. The van der Waals surface area contributed by atoms with E-state index in [1.807, 2.05) is 0 Å². The highest BCUT2D eigenvalue weighted by Crippen LogP contribution is 2.17. The second kappa shape index (κ2) is 5.55. The Hall–Kier alpha value is -1.65. The lowest BCUT2D eigenvalue weighted by Crippen LogP contribution is -2.26. The molecule has 1 atom stereocenters. The summed E-state index contributed by atoms with van der Waals surface area (Å²) in [5.74, 6) is 0. The molecule has 4 nitrogen and oxygen atoms in total. The van der Waals surface area contributed by atoms with Crippen molar-refractivity contribution in [3.63, 3.8) is 0 Å². The zero-order chi connectivity index (χ0) is 14.0. The number of halogens is 1. The number of hydrogen-bond donors (Lipinski definition) is 1. The Balaban J connectivity index is 2.24. The van der Waals surface area contributed by atoms with E-state index in [1.54, 1.807) is 38.1 Å². The van der Waals surface area contributed by atoms with Crippen molar-refractivity contribution < 1.29 is 5.11 Å². The molecule has 0 unspecified atom stereocenters. The summed E-state index contributed by atoms with van der Waals surface area (Å²) >= 11 is 5.79. The number of aliphatic hydroxyl groups is 1. The van der Waals surface area contributed by atoms with Gasteiger partial charge in [-0.05, 0) is 31.5 Å². The molecule has 0 aliphatic carbocycles. The first-order valence-corrected chi connectivity index (χ1v) is 6.33. The summed E-state index contributed by atoms with van der Waals surface area (Å²) in [6.07, 6.45) is 0.697. The van der Waals surface area contributed by atoms with Gasteiger partial charge in [0.05, 0.1) is 19.0 Å². The lowest BCUT2D eigenvalue weighted by molar-refractivity contribution is 0.154. The number of benzene rings is 1. The Morgan fingerprint density at radius 2 is 1.95 bits per heavy atom. The zero-order valence-corrected chi connectivity index (χ0v) is 11.6. The van der Waals surface area contributed by atoms with Gasteiger partial charge in [0.25, 0.3) is 5.56 Å². The Kier molecular flexibility index (Phi) is 4.02. The number of aliphatic hydroxyl groups excluding tert-OH is 1. The van der Waals surface area contributed by atoms with Gasteiger partial charge >= 0.3 is 0 Å². The van der Waals surface area contributed by atoms with Crippen molar-refractivity contribution in [3.8, 4) is 0 Å². The Labute approximate surface area is 116 Å². The van der Waals surface area contributed by atoms with Crippen molar-refractivity contribution in [2.75, 3.05) is 0 Å². The van der Waals surface area contributed by atoms with Crippen LogP contribution in [0.4, 0.5) is 0 Å². The number of aryl methyl sites for hydroxylation is 1. The summed E-state index contributed by atoms with van der Waals surface area (Å²) in [5, 5.41) is 10.7. The fourth-order valence-corrected chi connectivity index (χ4v) is 1.91. The summed E-state index contributed by atoms with van der Waals surface area (Å²) in [4.78, 5) is 16.1. The van der Waals surface area contributed by atoms with Gasteiger partial charge in [0.1, 0.15) is 0 Å². The first kappa shape index (κ1) is 13.8. The topological polar surface area (TPSA) is 55.1 Å². The fraction of sp³-hybridized carbons (Fsp3) is 0.286. The van der Waals surface area contributed by atoms with Crippen LogP contribution in [0.1, 0.15) is 22.9 Å². The highest BCUT2D eigenvalue weighted by molar-refractivity contribution is 6.30. The summed E-state index contributed by atoms with van der Waals surface area (Å²) in [5.41, 5.74) is 1.91. The third-order valence-corrected chi connectivity index (χ3v) is 3.39. The largest absolute Gasteiger partial charge is 0.387 e. The number of nitrogens with zero attached hydrogens (tertiary/aromatic N) is 2. The quantitative estimate of drug-likeness (QED) is 0.937. The molecule has 100 valence electrons. The van der Waals surface area contributed by atoms with E-state index in [-0.39, 0.29) is 12.1 Å². The van der Waals surface area contributed by atoms with Gasteiger partial charge in [-0.3, -0.25) is 9.36 Å². The van der Waals surface area contributed by atoms with Crippen LogP contribution >= 0.6 is 11.6 Å². The molecule has 0 saturated carbocycles. The molecule has 0 radical (unpaired) electrons. The van der Waals surface area contributed by atoms with Gasteiger partial charge in [0.2, 0.25) is 0 Å². The van der Waals surface area contributed by atoms with E-state index >= 15 is 0 Å². The third-order valence-electron chi connectivity index (χ3n) is 3.14. The normalized spacial score (nSPS) is 12.4. The summed E-state index contributed by atoms with van der Waals surface area (Å²) in [6, 6.07) is 6.90. The van der Waals surface area contributed by atoms with Gasteiger partial charge in [-0.15, -0.1) is 0 Å². The molecule has 19 heavy (non-hydrogen) atoms. The van der Waals surface area contributed by atoms with Crippen LogP contribution in [0.15, 0.2) is 35.4 Å². The van der Waals surface area contributed by atoms with Crippen LogP contribution in [0.5, 0.6) is 0 Å². The predicted molar refractivity (Wildman–Crippen MR) is 74.4 cm³/mol. The predicted octanol–water partition coefficient (Wildman–Crippen LogP) is 2.25. The maximum absolute atomic E-state index is 12.0. The molecule has 0 amide bonds. The molecule has 1 aromatic carbocycles. The van der Waals surface area contributed by atoms with E-state index in [0.29, 0.717) is 16.3 Å². The van der Waals surface area contributed by atoms with Gasteiger partial charge < -0.3 is 5.11 Å². The monoisotopic (exact) mass is 278 g/mol. The number of rotatable bonds is 3. The van der Waals surface area contributed by atoms with Gasteiger partial charge in [0, 0.05) is 16.3 Å². The highest BCUT2D eigenvalue weighted by atomic mass is 35.5. The van der Waals surface area contributed by atoms with E-state index in [2.05, 4.69) is 4.98 Å². The van der Waals surface area contributed by atoms with Crippen molar-refractivity contribution in [1.82, 2.24) is 9.55 Å². The second-order valence-corrected chi connectivity index (χ2v) is 4.92. The van der Waals surface area contributed by atoms with E-state index in [0.717, 1.165) is 5.56 Å². The molecule has 0 spiro atoms. The Morgan fingerprint density at radius 3 is 2.58 bits per heavy atom. The number of hydrogen-bond acceptors (Lipinski definition) is 3. The summed E-state index contributed by atoms with van der Waals surface area (Å²) < 4.78 is 1.42. The first-order chi connectivity index (χ1) is 8.99. The van der Waals surface area contributed by atoms with Crippen LogP contribution in [0.25, 0.3) is 0 Å². The molecule has 1 heterocycles. The van der Waals surface area contributed by atoms with Crippen molar-refractivity contribution in [2.24, 2.45) is 0 Å². The van der Waals surface area contributed by atoms with E-state index in [4.69, 9.17) is 11.6 Å². The van der Waals surface area contributed by atoms with Gasteiger partial charge in [-0.25, -0.2) is 4.98 Å². The standard InChI is InChI=1S/C14H15ClN2O2/c1-9-10(2)16-8-17(14(9)19)7-13(18)11-3-5-12(15)6-4-11/h3-6,8,13,18H,7H2,1-2H3/t13-/m1/s1. The van der Waals surface area contributed by atoms with Gasteiger partial charge in [-0.1, -0.05) is 23.7 Å². The first-order valence-electron chi connectivity index (χ1n) is 5.95. The van der Waals surface area contributed by atoms with Crippen LogP contribution in [0.3, 0.4) is 0 Å². The molecule has 2 aromatic rings. The van der Waals surface area contributed by atoms with E-state index < -0.39 is 6.10 Å². The summed E-state index contributed by atoms with van der Waals surface area (Å²) in [6.45, 7) is 3.70. The molecule has 0 aliphatic heterocycles. The van der Waals surface area contributed by atoms with Crippen molar-refractivity contribution >= 4 is 11.6 Å². The maximum atomic E-state index is 12.0. The summed E-state index contributed by atoms with van der Waals surface area (Å²) in [7, 11) is 0. The maximum Gasteiger partial charge on any atom is 0.256 e. The molecular formula is C14H15ClN2O2. The minimum atomic E-state index is -0.765. The molecule has 0 bridgehead atoms. The van der Waals surface area contributed by atoms with Gasteiger partial charge in [-0.2, -0.15) is 0 Å². The molecule has 1 aromatic heterocycles. The molecule has 1 N–H and O–H groups in total. The van der Waals surface area contributed by atoms with Crippen LogP contribution < -0.4 is 5.56 Å². The molecule has 0 aliphatic rings. The van der Waals surface area contributed by atoms with E-state index in [9.17, 15) is 9.90 Å². The SMILES string of the molecule is Cc1ncn(C[C@@H](O)c2ccc(Cl)cc2)c(=O)c1C. The second-order valence-electron chi connectivity index (χ2n) is 4.48. The van der Waals surface area contributed by atoms with Crippen molar-refractivity contribution in [3.05, 3.63) is 62.8 Å². The Bertz CT molecular complexity index is 635. The lowest BCUT2D eigenvalue weighted by atomic mass is 10.1. The molecular weight excluding hydrogens is 264 g/mol. The van der Waals surface area contributed by atoms with Crippen LogP contribution in [-0.4, -0.2) is 14.7 Å². The zero-order valence-electron chi connectivity index (χ0n) is 10.8. The Morgan fingerprint density at radius 1 is 1.32 bits per heavy atom. The van der Waals surface area contributed by atoms with Crippen LogP contribution in [0, 0.1) is 13.8 Å². The molecule has 2 rings (SSSR count). The molecule has 0 saturated heterocycles. The van der Waals surface area contributed by atoms with Crippen molar-refractivity contribution in [1.29, 1.82) is 0 Å². The average Bonchev–Trinajstić information content (AvgIpc) is 2.40. The highest BCUT2D eigenvalue weighted by Gasteiger charge is 2.11. The van der Waals surface area contributed by atoms with Crippen LogP contribution in [-0.2, 0) is 6.54 Å². The minimum Gasteiger partial charge on any atom is -0.387 e. The lowest BCUT2D eigenvalue weighted by Gasteiger charge is -2.13. The fourth-order valence-electron chi connectivity index (χ4n) is 1.78.